The van der Waals surface area contributed by atoms with E-state index in [-0.39, 0.29) is 12.4 Å². The molecule has 0 aliphatic rings. The zero-order valence-electron chi connectivity index (χ0n) is 8.99. The minimum atomic E-state index is -2.80. The Morgan fingerprint density at radius 1 is 1.38 bits per heavy atom. The van der Waals surface area contributed by atoms with Crippen LogP contribution in [0.4, 0.5) is 8.78 Å². The second-order valence-corrected chi connectivity index (χ2v) is 3.26. The summed E-state index contributed by atoms with van der Waals surface area (Å²) in [6.45, 7) is -0.854. The Labute approximate surface area is 93.2 Å². The molecular weight excluding hydrogens is 214 g/mol. The van der Waals surface area contributed by atoms with Crippen LogP contribution in [0.1, 0.15) is 18.9 Å². The summed E-state index contributed by atoms with van der Waals surface area (Å²) >= 11 is 0. The molecule has 0 aliphatic heterocycles. The number of hydrogen-bond acceptors (Lipinski definition) is 2. The second-order valence-electron chi connectivity index (χ2n) is 3.26. The van der Waals surface area contributed by atoms with Crippen LogP contribution in [0.3, 0.4) is 0 Å². The Hall–Kier alpha value is -1.42. The molecule has 0 aliphatic carbocycles. The predicted molar refractivity (Wildman–Crippen MR) is 58.4 cm³/mol. The molecule has 0 atom stereocenters. The van der Waals surface area contributed by atoms with Crippen LogP contribution in [0.15, 0.2) is 29.8 Å². The summed E-state index contributed by atoms with van der Waals surface area (Å²) in [5.74, 6) is 0.134. The van der Waals surface area contributed by atoms with E-state index < -0.39 is 6.61 Å². The van der Waals surface area contributed by atoms with E-state index in [4.69, 9.17) is 5.11 Å². The van der Waals surface area contributed by atoms with Crippen molar-refractivity contribution in [2.45, 2.75) is 20.0 Å². The van der Waals surface area contributed by atoms with Gasteiger partial charge >= 0.3 is 6.61 Å². The molecule has 0 bridgehead atoms. The lowest BCUT2D eigenvalue weighted by Crippen LogP contribution is -2.01. The molecular formula is C12H14F2O2. The van der Waals surface area contributed by atoms with Crippen molar-refractivity contribution < 1.29 is 18.6 Å². The van der Waals surface area contributed by atoms with Crippen molar-refractivity contribution in [2.24, 2.45) is 0 Å². The predicted octanol–water partition coefficient (Wildman–Crippen LogP) is 3.07. The maximum atomic E-state index is 11.9. The summed E-state index contributed by atoms with van der Waals surface area (Å²) in [5.41, 5.74) is 1.75. The minimum Gasteiger partial charge on any atom is -0.435 e. The summed E-state index contributed by atoms with van der Waals surface area (Å²) < 4.78 is 28.0. The standard InChI is InChI=1S/C12H14F2O2/c1-2-9(8-15)7-10-3-5-11(6-4-10)16-12(13)14/h3-7,12,15H,2,8H2,1H3. The van der Waals surface area contributed by atoms with Gasteiger partial charge in [-0.15, -0.1) is 0 Å². The third-order valence-electron chi connectivity index (χ3n) is 2.13. The van der Waals surface area contributed by atoms with E-state index in [1.54, 1.807) is 12.1 Å². The maximum absolute atomic E-state index is 11.9. The molecule has 0 aromatic heterocycles. The van der Waals surface area contributed by atoms with Crippen LogP contribution in [0, 0.1) is 0 Å². The normalized spacial score (nSPS) is 11.9. The first-order valence-electron chi connectivity index (χ1n) is 5.01. The van der Waals surface area contributed by atoms with Gasteiger partial charge in [0.15, 0.2) is 0 Å². The van der Waals surface area contributed by atoms with Gasteiger partial charge < -0.3 is 9.84 Å². The van der Waals surface area contributed by atoms with Gasteiger partial charge in [0.05, 0.1) is 6.61 Å². The number of rotatable bonds is 5. The first kappa shape index (κ1) is 12.6. The van der Waals surface area contributed by atoms with Crippen LogP contribution in [-0.2, 0) is 0 Å². The monoisotopic (exact) mass is 228 g/mol. The lowest BCUT2D eigenvalue weighted by atomic mass is 10.1. The van der Waals surface area contributed by atoms with E-state index >= 15 is 0 Å². The minimum absolute atomic E-state index is 0.00574. The molecule has 0 saturated heterocycles. The highest BCUT2D eigenvalue weighted by molar-refractivity contribution is 5.54. The van der Waals surface area contributed by atoms with Crippen LogP contribution in [0.5, 0.6) is 5.75 Å². The van der Waals surface area contributed by atoms with Gasteiger partial charge in [-0.25, -0.2) is 0 Å². The molecule has 0 fully saturated rings. The average molecular weight is 228 g/mol. The van der Waals surface area contributed by atoms with Gasteiger partial charge in [0.25, 0.3) is 0 Å². The van der Waals surface area contributed by atoms with E-state index in [0.717, 1.165) is 17.6 Å². The third-order valence-corrected chi connectivity index (χ3v) is 2.13. The zero-order valence-corrected chi connectivity index (χ0v) is 8.99. The number of aliphatic hydroxyl groups excluding tert-OH is 1. The smallest absolute Gasteiger partial charge is 0.387 e. The molecule has 1 aromatic carbocycles. The number of ether oxygens (including phenoxy) is 1. The Morgan fingerprint density at radius 2 is 2.00 bits per heavy atom. The molecule has 0 unspecified atom stereocenters. The van der Waals surface area contributed by atoms with Gasteiger partial charge in [0.2, 0.25) is 0 Å². The van der Waals surface area contributed by atoms with Crippen molar-refractivity contribution >= 4 is 6.08 Å². The fourth-order valence-electron chi connectivity index (χ4n) is 1.24. The number of aliphatic hydroxyl groups is 1. The first-order valence-corrected chi connectivity index (χ1v) is 5.01. The number of hydrogen-bond donors (Lipinski definition) is 1. The molecule has 0 heterocycles. The molecule has 0 radical (unpaired) electrons. The Kier molecular flexibility index (Phi) is 4.92. The summed E-state index contributed by atoms with van der Waals surface area (Å²) in [7, 11) is 0. The molecule has 16 heavy (non-hydrogen) atoms. The van der Waals surface area contributed by atoms with E-state index in [0.29, 0.717) is 0 Å². The van der Waals surface area contributed by atoms with Crippen molar-refractivity contribution in [3.8, 4) is 5.75 Å². The second kappa shape index (κ2) is 6.23. The highest BCUT2D eigenvalue weighted by Gasteiger charge is 2.03. The summed E-state index contributed by atoms with van der Waals surface area (Å²) in [6, 6.07) is 6.29. The van der Waals surface area contributed by atoms with Gasteiger partial charge in [-0.05, 0) is 29.7 Å². The van der Waals surface area contributed by atoms with E-state index in [1.807, 2.05) is 13.0 Å². The van der Waals surface area contributed by atoms with E-state index in [1.165, 1.54) is 12.1 Å². The molecule has 0 saturated carbocycles. The van der Waals surface area contributed by atoms with Crippen molar-refractivity contribution in [2.75, 3.05) is 6.61 Å². The Balaban J connectivity index is 2.74. The van der Waals surface area contributed by atoms with Crippen molar-refractivity contribution in [1.29, 1.82) is 0 Å². The Bertz CT molecular complexity index is 339. The van der Waals surface area contributed by atoms with Gasteiger partial charge in [-0.1, -0.05) is 25.1 Å². The van der Waals surface area contributed by atoms with Crippen LogP contribution in [0.25, 0.3) is 6.08 Å². The van der Waals surface area contributed by atoms with Gasteiger partial charge in [0.1, 0.15) is 5.75 Å². The number of halogens is 2. The van der Waals surface area contributed by atoms with Crippen LogP contribution in [-0.4, -0.2) is 18.3 Å². The van der Waals surface area contributed by atoms with Crippen LogP contribution < -0.4 is 4.74 Å². The fraction of sp³-hybridized carbons (Fsp3) is 0.333. The van der Waals surface area contributed by atoms with Crippen molar-refractivity contribution in [1.82, 2.24) is 0 Å². The molecule has 0 amide bonds. The first-order chi connectivity index (χ1) is 7.65. The summed E-state index contributed by atoms with van der Waals surface area (Å²) in [4.78, 5) is 0. The SMILES string of the molecule is CCC(=Cc1ccc(OC(F)F)cc1)CO. The Morgan fingerprint density at radius 3 is 2.44 bits per heavy atom. The molecule has 1 rings (SSSR count). The fourth-order valence-corrected chi connectivity index (χ4v) is 1.24. The molecule has 0 spiro atoms. The third kappa shape index (κ3) is 3.98. The maximum Gasteiger partial charge on any atom is 0.387 e. The lowest BCUT2D eigenvalue weighted by molar-refractivity contribution is -0.0498. The van der Waals surface area contributed by atoms with Gasteiger partial charge in [-0.3, -0.25) is 0 Å². The average Bonchev–Trinajstić information content (AvgIpc) is 2.27. The zero-order chi connectivity index (χ0) is 12.0. The van der Waals surface area contributed by atoms with Crippen LogP contribution >= 0.6 is 0 Å². The van der Waals surface area contributed by atoms with Gasteiger partial charge in [-0.2, -0.15) is 8.78 Å². The molecule has 1 aromatic rings. The van der Waals surface area contributed by atoms with E-state index in [2.05, 4.69) is 4.74 Å². The quantitative estimate of drug-likeness (QED) is 0.839. The molecule has 2 nitrogen and oxygen atoms in total. The lowest BCUT2D eigenvalue weighted by Gasteiger charge is -2.04. The summed E-state index contributed by atoms with van der Waals surface area (Å²) in [6.07, 6.45) is 2.58. The van der Waals surface area contributed by atoms with Crippen molar-refractivity contribution in [3.63, 3.8) is 0 Å². The number of alkyl halides is 2. The molecule has 88 valence electrons. The summed E-state index contributed by atoms with van der Waals surface area (Å²) in [5, 5.41) is 8.97. The van der Waals surface area contributed by atoms with Crippen molar-refractivity contribution in [3.05, 3.63) is 35.4 Å². The molecule has 1 N–H and O–H groups in total. The van der Waals surface area contributed by atoms with Gasteiger partial charge in [0, 0.05) is 0 Å². The topological polar surface area (TPSA) is 29.5 Å². The highest BCUT2D eigenvalue weighted by atomic mass is 19.3. The largest absolute Gasteiger partial charge is 0.435 e. The van der Waals surface area contributed by atoms with Crippen LogP contribution in [0.2, 0.25) is 0 Å². The highest BCUT2D eigenvalue weighted by Crippen LogP contribution is 2.17. The number of benzene rings is 1. The van der Waals surface area contributed by atoms with E-state index in [9.17, 15) is 8.78 Å². The molecule has 4 heteroatoms.